The number of benzene rings is 1. The van der Waals surface area contributed by atoms with Gasteiger partial charge in [0.05, 0.1) is 19.7 Å². The Morgan fingerprint density at radius 1 is 1.16 bits per heavy atom. The van der Waals surface area contributed by atoms with Crippen molar-refractivity contribution in [1.29, 1.82) is 0 Å². The van der Waals surface area contributed by atoms with E-state index in [2.05, 4.69) is 39.9 Å². The summed E-state index contributed by atoms with van der Waals surface area (Å²) in [4.78, 5) is 19.4. The number of nitrogens with zero attached hydrogens (tertiary/aromatic N) is 2. The van der Waals surface area contributed by atoms with Crippen LogP contribution in [-0.2, 0) is 4.79 Å². The van der Waals surface area contributed by atoms with Gasteiger partial charge < -0.3 is 20.7 Å². The van der Waals surface area contributed by atoms with E-state index in [4.69, 9.17) is 9.73 Å². The normalized spacial score (nSPS) is 15.7. The Kier molecular flexibility index (Phi) is 12.2. The average Bonchev–Trinajstić information content (AvgIpc) is 3.25. The maximum Gasteiger partial charge on any atom is 0.225 e. The van der Waals surface area contributed by atoms with Gasteiger partial charge >= 0.3 is 0 Å². The Morgan fingerprint density at radius 3 is 2.45 bits per heavy atom. The predicted molar refractivity (Wildman–Crippen MR) is 138 cm³/mol. The molecule has 0 saturated carbocycles. The molecule has 0 bridgehead atoms. The first-order valence-electron chi connectivity index (χ1n) is 11.0. The number of nitrogens with one attached hydrogen (secondary N) is 3. The number of carbonyl (C=O) groups is 1. The minimum absolute atomic E-state index is 0. The Hall–Kier alpha value is -1.55. The van der Waals surface area contributed by atoms with Crippen LogP contribution in [-0.4, -0.2) is 63.1 Å². The summed E-state index contributed by atoms with van der Waals surface area (Å²) in [5.74, 6) is 1.70. The van der Waals surface area contributed by atoms with Gasteiger partial charge in [-0.1, -0.05) is 32.9 Å². The molecule has 1 fully saturated rings. The zero-order chi connectivity index (χ0) is 22.0. The Labute approximate surface area is 204 Å². The molecular formula is C23H40IN5O2. The lowest BCUT2D eigenvalue weighted by Crippen LogP contribution is -2.43. The van der Waals surface area contributed by atoms with E-state index in [-0.39, 0.29) is 41.3 Å². The van der Waals surface area contributed by atoms with E-state index in [0.29, 0.717) is 19.6 Å². The minimum Gasteiger partial charge on any atom is -0.497 e. The van der Waals surface area contributed by atoms with Crippen LogP contribution in [0.2, 0.25) is 0 Å². The van der Waals surface area contributed by atoms with Crippen LogP contribution in [0.25, 0.3) is 0 Å². The monoisotopic (exact) mass is 545 g/mol. The minimum atomic E-state index is -0.377. The topological polar surface area (TPSA) is 78.0 Å². The van der Waals surface area contributed by atoms with E-state index in [0.717, 1.165) is 31.3 Å². The lowest BCUT2D eigenvalue weighted by molar-refractivity contribution is -0.128. The molecule has 176 valence electrons. The van der Waals surface area contributed by atoms with Crippen molar-refractivity contribution in [1.82, 2.24) is 20.9 Å². The van der Waals surface area contributed by atoms with Gasteiger partial charge in [0, 0.05) is 25.0 Å². The lowest BCUT2D eigenvalue weighted by Gasteiger charge is -2.27. The zero-order valence-corrected chi connectivity index (χ0v) is 22.0. The van der Waals surface area contributed by atoms with Crippen LogP contribution < -0.4 is 20.7 Å². The van der Waals surface area contributed by atoms with Crippen LogP contribution in [0.15, 0.2) is 29.3 Å². The third-order valence-corrected chi connectivity index (χ3v) is 5.21. The molecule has 0 spiro atoms. The van der Waals surface area contributed by atoms with Gasteiger partial charge in [0.15, 0.2) is 5.96 Å². The Bertz CT molecular complexity index is 699. The van der Waals surface area contributed by atoms with E-state index in [1.54, 1.807) is 7.11 Å². The standard InChI is InChI=1S/C23H39N5O2.HI/c1-6-24-22(26-13-12-25-21(29)23(2,3)4)27-17-20(28-14-7-8-15-28)18-10-9-11-19(16-18)30-5;/h9-11,16,20H,6-8,12-15,17H2,1-5H3,(H,25,29)(H2,24,26,27);1H. The molecule has 1 aliphatic rings. The summed E-state index contributed by atoms with van der Waals surface area (Å²) in [5.41, 5.74) is 0.853. The molecule has 31 heavy (non-hydrogen) atoms. The van der Waals surface area contributed by atoms with Gasteiger partial charge in [-0.25, -0.2) is 0 Å². The van der Waals surface area contributed by atoms with Crippen LogP contribution in [0.1, 0.15) is 52.1 Å². The fourth-order valence-corrected chi connectivity index (χ4v) is 3.48. The molecule has 1 aliphatic heterocycles. The number of halogens is 1. The van der Waals surface area contributed by atoms with E-state index in [1.807, 2.05) is 32.9 Å². The van der Waals surface area contributed by atoms with E-state index in [9.17, 15) is 4.79 Å². The molecule has 1 unspecified atom stereocenters. The number of hydrogen-bond acceptors (Lipinski definition) is 4. The third-order valence-electron chi connectivity index (χ3n) is 5.21. The number of amides is 1. The molecule has 1 atom stereocenters. The van der Waals surface area contributed by atoms with E-state index in [1.165, 1.54) is 18.4 Å². The summed E-state index contributed by atoms with van der Waals surface area (Å²) in [6.07, 6.45) is 2.46. The SMILES string of the molecule is CCNC(=NCC(c1cccc(OC)c1)N1CCCC1)NCCNC(=O)C(C)(C)C.I. The van der Waals surface area contributed by atoms with Crippen LogP contribution in [0, 0.1) is 5.41 Å². The van der Waals surface area contributed by atoms with Crippen LogP contribution in [0.3, 0.4) is 0 Å². The lowest BCUT2D eigenvalue weighted by atomic mass is 9.96. The van der Waals surface area contributed by atoms with Crippen molar-refractivity contribution in [2.24, 2.45) is 10.4 Å². The zero-order valence-electron chi connectivity index (χ0n) is 19.7. The number of ether oxygens (including phenoxy) is 1. The molecule has 0 aromatic heterocycles. The van der Waals surface area contributed by atoms with Crippen molar-refractivity contribution in [3.05, 3.63) is 29.8 Å². The molecule has 1 heterocycles. The summed E-state index contributed by atoms with van der Waals surface area (Å²) in [7, 11) is 1.70. The second-order valence-corrected chi connectivity index (χ2v) is 8.69. The number of carbonyl (C=O) groups excluding carboxylic acids is 1. The average molecular weight is 546 g/mol. The molecule has 1 aromatic carbocycles. The predicted octanol–water partition coefficient (Wildman–Crippen LogP) is 3.17. The number of aliphatic imine (C=N–C) groups is 1. The summed E-state index contributed by atoms with van der Waals surface area (Å²) in [6.45, 7) is 12.6. The van der Waals surface area contributed by atoms with E-state index >= 15 is 0 Å². The van der Waals surface area contributed by atoms with Gasteiger partial charge in [-0.2, -0.15) is 0 Å². The summed E-state index contributed by atoms with van der Waals surface area (Å²) in [5, 5.41) is 9.59. The van der Waals surface area contributed by atoms with Crippen LogP contribution in [0.5, 0.6) is 5.75 Å². The van der Waals surface area contributed by atoms with Crippen molar-refractivity contribution in [3.8, 4) is 5.75 Å². The first kappa shape index (κ1) is 27.5. The summed E-state index contributed by atoms with van der Waals surface area (Å²) in [6, 6.07) is 8.51. The Morgan fingerprint density at radius 2 is 1.84 bits per heavy atom. The smallest absolute Gasteiger partial charge is 0.225 e. The molecule has 2 rings (SSSR count). The third kappa shape index (κ3) is 9.22. The van der Waals surface area contributed by atoms with Crippen LogP contribution >= 0.6 is 24.0 Å². The highest BCUT2D eigenvalue weighted by Crippen LogP contribution is 2.27. The number of guanidine groups is 1. The van der Waals surface area contributed by atoms with E-state index < -0.39 is 0 Å². The number of hydrogen-bond donors (Lipinski definition) is 3. The fourth-order valence-electron chi connectivity index (χ4n) is 3.48. The van der Waals surface area contributed by atoms with Crippen molar-refractivity contribution in [2.45, 2.75) is 46.6 Å². The van der Waals surface area contributed by atoms with Gasteiger partial charge in [-0.15, -0.1) is 24.0 Å². The summed E-state index contributed by atoms with van der Waals surface area (Å²) < 4.78 is 5.43. The highest BCUT2D eigenvalue weighted by molar-refractivity contribution is 14.0. The second kappa shape index (κ2) is 13.8. The summed E-state index contributed by atoms with van der Waals surface area (Å²) >= 11 is 0. The van der Waals surface area contributed by atoms with Gasteiger partial charge in [0.2, 0.25) is 5.91 Å². The van der Waals surface area contributed by atoms with Crippen molar-refractivity contribution >= 4 is 35.8 Å². The first-order valence-corrected chi connectivity index (χ1v) is 11.0. The second-order valence-electron chi connectivity index (χ2n) is 8.69. The maximum absolute atomic E-state index is 12.0. The van der Waals surface area contributed by atoms with Crippen molar-refractivity contribution in [2.75, 3.05) is 46.4 Å². The molecule has 7 nitrogen and oxygen atoms in total. The van der Waals surface area contributed by atoms with Crippen molar-refractivity contribution in [3.63, 3.8) is 0 Å². The van der Waals surface area contributed by atoms with Crippen molar-refractivity contribution < 1.29 is 9.53 Å². The fraction of sp³-hybridized carbons (Fsp3) is 0.652. The molecule has 3 N–H and O–H groups in total. The molecule has 0 radical (unpaired) electrons. The highest BCUT2D eigenvalue weighted by Gasteiger charge is 2.24. The first-order chi connectivity index (χ1) is 14.3. The maximum atomic E-state index is 12.0. The molecule has 1 amide bonds. The molecular weight excluding hydrogens is 505 g/mol. The number of rotatable bonds is 9. The van der Waals surface area contributed by atoms with Gasteiger partial charge in [0.25, 0.3) is 0 Å². The van der Waals surface area contributed by atoms with Gasteiger partial charge in [-0.05, 0) is 50.6 Å². The quantitative estimate of drug-likeness (QED) is 0.192. The number of methoxy groups -OCH3 is 1. The molecule has 1 saturated heterocycles. The van der Waals surface area contributed by atoms with Crippen LogP contribution in [0.4, 0.5) is 0 Å². The Balaban J connectivity index is 0.00000480. The molecule has 8 heteroatoms. The molecule has 1 aromatic rings. The largest absolute Gasteiger partial charge is 0.497 e. The number of likely N-dealkylation sites (tertiary alicyclic amines) is 1. The van der Waals surface area contributed by atoms with Gasteiger partial charge in [-0.3, -0.25) is 14.7 Å². The van der Waals surface area contributed by atoms with Gasteiger partial charge in [0.1, 0.15) is 5.75 Å². The molecule has 0 aliphatic carbocycles. The highest BCUT2D eigenvalue weighted by atomic mass is 127.